The molecule has 1 unspecified atom stereocenters. The average Bonchev–Trinajstić information content (AvgIpc) is 2.70. The summed E-state index contributed by atoms with van der Waals surface area (Å²) in [4.78, 5) is 31.9. The second-order valence-corrected chi connectivity index (χ2v) is 8.00. The number of thioether (sulfide) groups is 1. The van der Waals surface area contributed by atoms with Crippen LogP contribution in [0, 0.1) is 0 Å². The maximum Gasteiger partial charge on any atom is 0.262 e. The Balaban J connectivity index is 1.96. The Morgan fingerprint density at radius 2 is 2.04 bits per heavy atom. The molecule has 0 saturated carbocycles. The number of nitrogens with zero attached hydrogens (tertiary/aromatic N) is 3. The highest BCUT2D eigenvalue weighted by Gasteiger charge is 2.22. The summed E-state index contributed by atoms with van der Waals surface area (Å²) in [6.07, 6.45) is 1.64. The summed E-state index contributed by atoms with van der Waals surface area (Å²) in [6, 6.07) is 14.4. The van der Waals surface area contributed by atoms with E-state index in [-0.39, 0.29) is 11.5 Å². The van der Waals surface area contributed by atoms with Gasteiger partial charge in [0.25, 0.3) is 5.56 Å². The van der Waals surface area contributed by atoms with Gasteiger partial charge in [-0.25, -0.2) is 4.98 Å². The number of anilines is 1. The molecule has 1 atom stereocenters. The number of hydrogen-bond acceptors (Lipinski definition) is 4. The predicted molar refractivity (Wildman–Crippen MR) is 116 cm³/mol. The largest absolute Gasteiger partial charge is 0.315 e. The van der Waals surface area contributed by atoms with Crippen molar-refractivity contribution in [1.29, 1.82) is 0 Å². The molecule has 0 aliphatic rings. The van der Waals surface area contributed by atoms with Crippen molar-refractivity contribution >= 4 is 45.9 Å². The molecule has 0 aliphatic carbocycles. The molecule has 3 aromatic rings. The minimum Gasteiger partial charge on any atom is -0.315 e. The number of aromatic nitrogens is 2. The third-order valence-corrected chi connectivity index (χ3v) is 5.61. The van der Waals surface area contributed by atoms with Gasteiger partial charge in [0, 0.05) is 24.3 Å². The van der Waals surface area contributed by atoms with Gasteiger partial charge in [0.2, 0.25) is 5.91 Å². The SMILES string of the molecule is C=CCn1c(SC(C)C(=O)N(C)c2ccccc2)nc2cc(Cl)ccc2c1=O. The molecule has 0 N–H and O–H groups in total. The molecule has 5 nitrogen and oxygen atoms in total. The van der Waals surface area contributed by atoms with Gasteiger partial charge in [-0.05, 0) is 37.3 Å². The zero-order chi connectivity index (χ0) is 20.3. The van der Waals surface area contributed by atoms with Gasteiger partial charge in [0.15, 0.2) is 5.16 Å². The van der Waals surface area contributed by atoms with Gasteiger partial charge < -0.3 is 4.90 Å². The third kappa shape index (κ3) is 4.13. The van der Waals surface area contributed by atoms with Crippen LogP contribution in [0.5, 0.6) is 0 Å². The number of amides is 1. The quantitative estimate of drug-likeness (QED) is 0.342. The summed E-state index contributed by atoms with van der Waals surface area (Å²) >= 11 is 7.30. The van der Waals surface area contributed by atoms with Crippen LogP contribution in [-0.2, 0) is 11.3 Å². The van der Waals surface area contributed by atoms with Crippen LogP contribution in [0.2, 0.25) is 5.02 Å². The first kappa shape index (κ1) is 20.2. The summed E-state index contributed by atoms with van der Waals surface area (Å²) in [6.45, 7) is 5.83. The van der Waals surface area contributed by atoms with Crippen molar-refractivity contribution in [3.8, 4) is 0 Å². The molecule has 2 aromatic carbocycles. The maximum atomic E-state index is 12.9. The predicted octanol–water partition coefficient (Wildman–Crippen LogP) is 4.38. The zero-order valence-electron chi connectivity index (χ0n) is 15.6. The van der Waals surface area contributed by atoms with Crippen LogP contribution in [0.1, 0.15) is 6.92 Å². The average molecular weight is 414 g/mol. The summed E-state index contributed by atoms with van der Waals surface area (Å²) < 4.78 is 1.53. The van der Waals surface area contributed by atoms with Gasteiger partial charge in [-0.1, -0.05) is 47.6 Å². The van der Waals surface area contributed by atoms with Crippen LogP contribution in [0.25, 0.3) is 10.9 Å². The first-order valence-electron chi connectivity index (χ1n) is 8.72. The van der Waals surface area contributed by atoms with Gasteiger partial charge in [-0.15, -0.1) is 6.58 Å². The highest BCUT2D eigenvalue weighted by molar-refractivity contribution is 8.00. The molecule has 0 saturated heterocycles. The molecule has 7 heteroatoms. The lowest BCUT2D eigenvalue weighted by molar-refractivity contribution is -0.117. The standard InChI is InChI=1S/C21H20ClN3O2S/c1-4-12-25-20(27)17-11-10-15(22)13-18(17)23-21(25)28-14(2)19(26)24(3)16-8-6-5-7-9-16/h4-11,13-14H,1,12H2,2-3H3. The van der Waals surface area contributed by atoms with E-state index in [1.807, 2.05) is 30.3 Å². The fourth-order valence-corrected chi connectivity index (χ4v) is 3.99. The van der Waals surface area contributed by atoms with Crippen LogP contribution in [0.4, 0.5) is 5.69 Å². The van der Waals surface area contributed by atoms with E-state index in [2.05, 4.69) is 11.6 Å². The molecule has 1 amide bonds. The number of rotatable bonds is 6. The second-order valence-electron chi connectivity index (χ2n) is 6.25. The Bertz CT molecular complexity index is 1080. The Hall–Kier alpha value is -2.57. The molecule has 28 heavy (non-hydrogen) atoms. The maximum absolute atomic E-state index is 12.9. The molecule has 0 bridgehead atoms. The van der Waals surface area contributed by atoms with Crippen LogP contribution in [0.3, 0.4) is 0 Å². The van der Waals surface area contributed by atoms with E-state index in [9.17, 15) is 9.59 Å². The van der Waals surface area contributed by atoms with Gasteiger partial charge >= 0.3 is 0 Å². The monoisotopic (exact) mass is 413 g/mol. The van der Waals surface area contributed by atoms with Gasteiger partial charge in [-0.2, -0.15) is 0 Å². The van der Waals surface area contributed by atoms with Crippen molar-refractivity contribution in [3.63, 3.8) is 0 Å². The highest BCUT2D eigenvalue weighted by atomic mass is 35.5. The van der Waals surface area contributed by atoms with Crippen molar-refractivity contribution in [3.05, 3.63) is 76.6 Å². The minimum atomic E-state index is -0.440. The molecule has 0 radical (unpaired) electrons. The summed E-state index contributed by atoms with van der Waals surface area (Å²) in [5.74, 6) is -0.0817. The molecular formula is C21H20ClN3O2S. The fraction of sp³-hybridized carbons (Fsp3) is 0.190. The van der Waals surface area contributed by atoms with Crippen molar-refractivity contribution in [2.45, 2.75) is 23.9 Å². The minimum absolute atomic E-state index is 0.0817. The number of para-hydroxylation sites is 1. The molecule has 3 rings (SSSR count). The van der Waals surface area contributed by atoms with Crippen LogP contribution >= 0.6 is 23.4 Å². The van der Waals surface area contributed by atoms with Gasteiger partial charge in [-0.3, -0.25) is 14.2 Å². The van der Waals surface area contributed by atoms with Crippen molar-refractivity contribution in [1.82, 2.24) is 9.55 Å². The Morgan fingerprint density at radius 1 is 1.32 bits per heavy atom. The first-order chi connectivity index (χ1) is 13.4. The van der Waals surface area contributed by atoms with E-state index in [1.54, 1.807) is 43.1 Å². The Labute approximate surface area is 172 Å². The number of allylic oxidation sites excluding steroid dienone is 1. The summed E-state index contributed by atoms with van der Waals surface area (Å²) in [5.41, 5.74) is 1.14. The smallest absolute Gasteiger partial charge is 0.262 e. The van der Waals surface area contributed by atoms with E-state index in [1.165, 1.54) is 16.3 Å². The van der Waals surface area contributed by atoms with E-state index in [4.69, 9.17) is 11.6 Å². The van der Waals surface area contributed by atoms with Crippen molar-refractivity contribution < 1.29 is 4.79 Å². The van der Waals surface area contributed by atoms with E-state index >= 15 is 0 Å². The fourth-order valence-electron chi connectivity index (χ4n) is 2.81. The Kier molecular flexibility index (Phi) is 6.21. The number of halogens is 1. The van der Waals surface area contributed by atoms with E-state index < -0.39 is 5.25 Å². The van der Waals surface area contributed by atoms with E-state index in [0.29, 0.717) is 27.6 Å². The normalized spacial score (nSPS) is 12.0. The lowest BCUT2D eigenvalue weighted by Crippen LogP contribution is -2.34. The number of hydrogen-bond donors (Lipinski definition) is 0. The molecule has 1 aromatic heterocycles. The van der Waals surface area contributed by atoms with Crippen LogP contribution in [-0.4, -0.2) is 27.8 Å². The van der Waals surface area contributed by atoms with Gasteiger partial charge in [0.1, 0.15) is 0 Å². The molecule has 1 heterocycles. The summed E-state index contributed by atoms with van der Waals surface area (Å²) in [5, 5.41) is 1.01. The van der Waals surface area contributed by atoms with Crippen molar-refractivity contribution in [2.24, 2.45) is 0 Å². The molecule has 0 spiro atoms. The van der Waals surface area contributed by atoms with Crippen LogP contribution < -0.4 is 10.5 Å². The van der Waals surface area contributed by atoms with E-state index in [0.717, 1.165) is 5.69 Å². The Morgan fingerprint density at radius 3 is 2.71 bits per heavy atom. The number of fused-ring (bicyclic) bond motifs is 1. The zero-order valence-corrected chi connectivity index (χ0v) is 17.2. The molecular weight excluding hydrogens is 394 g/mol. The second kappa shape index (κ2) is 8.63. The molecule has 0 fully saturated rings. The molecule has 0 aliphatic heterocycles. The topological polar surface area (TPSA) is 55.2 Å². The number of benzene rings is 2. The third-order valence-electron chi connectivity index (χ3n) is 4.30. The van der Waals surface area contributed by atoms with Crippen LogP contribution in [0.15, 0.2) is 71.1 Å². The lowest BCUT2D eigenvalue weighted by Gasteiger charge is -2.22. The van der Waals surface area contributed by atoms with Crippen molar-refractivity contribution in [2.75, 3.05) is 11.9 Å². The summed E-state index contributed by atoms with van der Waals surface area (Å²) in [7, 11) is 1.74. The van der Waals surface area contributed by atoms with Gasteiger partial charge in [0.05, 0.1) is 16.2 Å². The lowest BCUT2D eigenvalue weighted by atomic mass is 10.2. The first-order valence-corrected chi connectivity index (χ1v) is 9.98. The highest BCUT2D eigenvalue weighted by Crippen LogP contribution is 2.26. The number of carbonyl (C=O) groups excluding carboxylic acids is 1. The molecule has 144 valence electrons. The number of carbonyl (C=O) groups is 1.